The van der Waals surface area contributed by atoms with Crippen LogP contribution in [0.15, 0.2) is 11.8 Å². The number of rotatable bonds is 1. The van der Waals surface area contributed by atoms with E-state index in [-0.39, 0.29) is 23.3 Å². The van der Waals surface area contributed by atoms with Gasteiger partial charge >= 0.3 is 5.70 Å². The van der Waals surface area contributed by atoms with Crippen molar-refractivity contribution < 1.29 is 9.72 Å². The standard InChI is InChI=1S/C8H11NO3/c1-8(2)4-3-6(9(11)12)7(10)5-8/h3H,4-5H2,1-2H3. The third-order valence-electron chi connectivity index (χ3n) is 1.97. The van der Waals surface area contributed by atoms with Gasteiger partial charge in [-0.05, 0) is 17.9 Å². The number of Topliss-reactive ketones (excluding diaryl/α,β-unsaturated/α-hetero) is 1. The first kappa shape index (κ1) is 8.90. The van der Waals surface area contributed by atoms with Gasteiger partial charge in [0.05, 0.1) is 4.92 Å². The maximum atomic E-state index is 11.1. The maximum absolute atomic E-state index is 11.1. The van der Waals surface area contributed by atoms with Crippen LogP contribution in [0, 0.1) is 15.5 Å². The minimum absolute atomic E-state index is 0.114. The van der Waals surface area contributed by atoms with Crippen molar-refractivity contribution >= 4 is 5.78 Å². The molecule has 0 heterocycles. The van der Waals surface area contributed by atoms with Crippen molar-refractivity contribution in [3.63, 3.8) is 0 Å². The number of hydrogen-bond acceptors (Lipinski definition) is 3. The van der Waals surface area contributed by atoms with Crippen molar-refractivity contribution in [3.8, 4) is 0 Å². The van der Waals surface area contributed by atoms with Crippen LogP contribution in [0.25, 0.3) is 0 Å². The summed E-state index contributed by atoms with van der Waals surface area (Å²) in [6.45, 7) is 3.86. The molecule has 1 rings (SSSR count). The summed E-state index contributed by atoms with van der Waals surface area (Å²) in [4.78, 5) is 20.8. The van der Waals surface area contributed by atoms with E-state index in [1.54, 1.807) is 0 Å². The zero-order valence-electron chi connectivity index (χ0n) is 7.16. The molecule has 0 spiro atoms. The quantitative estimate of drug-likeness (QED) is 0.441. The number of hydrogen-bond donors (Lipinski definition) is 0. The Balaban J connectivity index is 2.89. The van der Waals surface area contributed by atoms with Crippen molar-refractivity contribution in [2.45, 2.75) is 26.7 Å². The lowest BCUT2D eigenvalue weighted by Gasteiger charge is -2.24. The van der Waals surface area contributed by atoms with Crippen LogP contribution in [0.4, 0.5) is 0 Å². The summed E-state index contributed by atoms with van der Waals surface area (Å²) in [5.74, 6) is -0.351. The first-order valence-corrected chi connectivity index (χ1v) is 3.80. The molecule has 0 radical (unpaired) electrons. The maximum Gasteiger partial charge on any atom is 0.308 e. The summed E-state index contributed by atoms with van der Waals surface area (Å²) in [6, 6.07) is 0. The summed E-state index contributed by atoms with van der Waals surface area (Å²) >= 11 is 0. The molecule has 0 aliphatic heterocycles. The number of allylic oxidation sites excluding steroid dienone is 2. The molecule has 0 bridgehead atoms. The smallest absolute Gasteiger partial charge is 0.287 e. The fourth-order valence-corrected chi connectivity index (χ4v) is 1.26. The number of carbonyl (C=O) groups excluding carboxylic acids is 1. The van der Waals surface area contributed by atoms with E-state index < -0.39 is 4.92 Å². The number of nitro groups is 1. The van der Waals surface area contributed by atoms with Gasteiger partial charge in [0.15, 0.2) is 0 Å². The van der Waals surface area contributed by atoms with Gasteiger partial charge in [0, 0.05) is 6.42 Å². The van der Waals surface area contributed by atoms with E-state index in [1.165, 1.54) is 6.08 Å². The fourth-order valence-electron chi connectivity index (χ4n) is 1.26. The van der Waals surface area contributed by atoms with Gasteiger partial charge in [-0.15, -0.1) is 0 Å². The lowest BCUT2D eigenvalue weighted by molar-refractivity contribution is -0.419. The minimum atomic E-state index is -0.600. The molecule has 0 unspecified atom stereocenters. The lowest BCUT2D eigenvalue weighted by atomic mass is 9.79. The molecular formula is C8H11NO3. The van der Waals surface area contributed by atoms with Gasteiger partial charge in [0.25, 0.3) is 0 Å². The SMILES string of the molecule is CC1(C)CC=C([N+](=O)[O-])C(=O)C1. The Morgan fingerprint density at radius 2 is 2.17 bits per heavy atom. The summed E-state index contributed by atoms with van der Waals surface area (Å²) in [5, 5.41) is 10.3. The van der Waals surface area contributed by atoms with E-state index in [2.05, 4.69) is 0 Å². The lowest BCUT2D eigenvalue weighted by Crippen LogP contribution is -2.25. The molecule has 0 aromatic heterocycles. The van der Waals surface area contributed by atoms with Crippen molar-refractivity contribution in [1.29, 1.82) is 0 Å². The molecule has 0 aromatic carbocycles. The van der Waals surface area contributed by atoms with Crippen molar-refractivity contribution in [2.75, 3.05) is 0 Å². The van der Waals surface area contributed by atoms with E-state index in [9.17, 15) is 14.9 Å². The van der Waals surface area contributed by atoms with Crippen LogP contribution < -0.4 is 0 Å². The Morgan fingerprint density at radius 1 is 1.58 bits per heavy atom. The van der Waals surface area contributed by atoms with Crippen LogP contribution in [-0.2, 0) is 4.79 Å². The van der Waals surface area contributed by atoms with Crippen LogP contribution in [-0.4, -0.2) is 10.7 Å². The van der Waals surface area contributed by atoms with Crippen LogP contribution in [0.2, 0.25) is 0 Å². The predicted octanol–water partition coefficient (Wildman–Crippen LogP) is 1.54. The van der Waals surface area contributed by atoms with Gasteiger partial charge < -0.3 is 0 Å². The van der Waals surface area contributed by atoms with Gasteiger partial charge in [0.2, 0.25) is 5.78 Å². The van der Waals surface area contributed by atoms with E-state index in [0.717, 1.165) is 0 Å². The van der Waals surface area contributed by atoms with Crippen molar-refractivity contribution in [1.82, 2.24) is 0 Å². The van der Waals surface area contributed by atoms with Crippen LogP contribution in [0.3, 0.4) is 0 Å². The predicted molar refractivity (Wildman–Crippen MR) is 43.1 cm³/mol. The van der Waals surface area contributed by atoms with E-state index >= 15 is 0 Å². The van der Waals surface area contributed by atoms with Gasteiger partial charge in [-0.2, -0.15) is 0 Å². The topological polar surface area (TPSA) is 60.2 Å². The number of ketones is 1. The molecule has 66 valence electrons. The summed E-state index contributed by atoms with van der Waals surface area (Å²) in [7, 11) is 0. The summed E-state index contributed by atoms with van der Waals surface area (Å²) < 4.78 is 0. The van der Waals surface area contributed by atoms with Gasteiger partial charge in [-0.3, -0.25) is 14.9 Å². The second kappa shape index (κ2) is 2.69. The van der Waals surface area contributed by atoms with Gasteiger partial charge in [-0.1, -0.05) is 13.8 Å². The summed E-state index contributed by atoms with van der Waals surface area (Å²) in [5.41, 5.74) is -0.356. The fraction of sp³-hybridized carbons (Fsp3) is 0.625. The van der Waals surface area contributed by atoms with Gasteiger partial charge in [0.1, 0.15) is 0 Å². The van der Waals surface area contributed by atoms with Crippen molar-refractivity contribution in [2.24, 2.45) is 5.41 Å². The molecule has 4 nitrogen and oxygen atoms in total. The van der Waals surface area contributed by atoms with E-state index in [4.69, 9.17) is 0 Å². The Morgan fingerprint density at radius 3 is 2.58 bits per heavy atom. The van der Waals surface area contributed by atoms with E-state index in [1.807, 2.05) is 13.8 Å². The minimum Gasteiger partial charge on any atom is -0.287 e. The molecule has 0 amide bonds. The van der Waals surface area contributed by atoms with Crippen LogP contribution in [0.1, 0.15) is 26.7 Å². The Bertz CT molecular complexity index is 265. The largest absolute Gasteiger partial charge is 0.308 e. The highest BCUT2D eigenvalue weighted by molar-refractivity contribution is 5.94. The van der Waals surface area contributed by atoms with Crippen LogP contribution in [0.5, 0.6) is 0 Å². The molecule has 1 aliphatic carbocycles. The molecule has 0 saturated heterocycles. The highest BCUT2D eigenvalue weighted by Gasteiger charge is 2.33. The average molecular weight is 169 g/mol. The Kier molecular flexibility index (Phi) is 2.00. The zero-order chi connectivity index (χ0) is 9.35. The zero-order valence-corrected chi connectivity index (χ0v) is 7.16. The number of carbonyl (C=O) groups is 1. The summed E-state index contributed by atoms with van der Waals surface area (Å²) in [6.07, 6.45) is 2.31. The molecule has 0 saturated carbocycles. The highest BCUT2D eigenvalue weighted by atomic mass is 16.6. The van der Waals surface area contributed by atoms with E-state index in [0.29, 0.717) is 6.42 Å². The van der Waals surface area contributed by atoms with Crippen molar-refractivity contribution in [3.05, 3.63) is 21.9 Å². The molecule has 1 aliphatic rings. The Labute approximate surface area is 70.4 Å². The van der Waals surface area contributed by atoms with Crippen LogP contribution >= 0.6 is 0 Å². The molecule has 12 heavy (non-hydrogen) atoms. The second-order valence-electron chi connectivity index (χ2n) is 3.81. The molecule has 0 N–H and O–H groups in total. The molecule has 0 atom stereocenters. The first-order valence-electron chi connectivity index (χ1n) is 3.80. The molecule has 4 heteroatoms. The third kappa shape index (κ3) is 1.69. The third-order valence-corrected chi connectivity index (χ3v) is 1.97. The van der Waals surface area contributed by atoms with Gasteiger partial charge in [-0.25, -0.2) is 0 Å². The number of nitrogens with zero attached hydrogens (tertiary/aromatic N) is 1. The second-order valence-corrected chi connectivity index (χ2v) is 3.81. The first-order chi connectivity index (χ1) is 5.42. The monoisotopic (exact) mass is 169 g/mol. The highest BCUT2D eigenvalue weighted by Crippen LogP contribution is 2.31. The molecular weight excluding hydrogens is 158 g/mol. The average Bonchev–Trinajstić information content (AvgIpc) is 1.83. The normalized spacial score (nSPS) is 21.8. The molecule has 0 aromatic rings. The Hall–Kier alpha value is -1.19. The molecule has 0 fully saturated rings.